The maximum absolute atomic E-state index is 13.2. The van der Waals surface area contributed by atoms with Crippen LogP contribution < -0.4 is 0 Å². The second kappa shape index (κ2) is 7.25. The molecule has 2 fully saturated rings. The minimum Gasteiger partial charge on any atom is -0.444 e. The lowest BCUT2D eigenvalue weighted by Crippen LogP contribution is -2.52. The van der Waals surface area contributed by atoms with Gasteiger partial charge in [0.2, 0.25) is 5.91 Å². The molecule has 1 aliphatic heterocycles. The van der Waals surface area contributed by atoms with Crippen LogP contribution in [0.3, 0.4) is 0 Å². The van der Waals surface area contributed by atoms with E-state index in [0.29, 0.717) is 32.1 Å². The fourth-order valence-corrected chi connectivity index (χ4v) is 3.35. The van der Waals surface area contributed by atoms with Crippen LogP contribution >= 0.6 is 0 Å². The number of piperazine rings is 1. The molecule has 1 aromatic carbocycles. The normalized spacial score (nSPS) is 19.2. The van der Waals surface area contributed by atoms with Crippen molar-refractivity contribution in [2.75, 3.05) is 26.2 Å². The number of amides is 2. The molecular formula is C20H27FN2O3. The SMILES string of the molecule is CC(C)(C)OC(=O)N1CCN(C(=O)C(c2ccc(F)cc2)C2CC2)CC1. The van der Waals surface area contributed by atoms with Gasteiger partial charge in [0.05, 0.1) is 5.92 Å². The van der Waals surface area contributed by atoms with E-state index in [9.17, 15) is 14.0 Å². The van der Waals surface area contributed by atoms with Crippen molar-refractivity contribution in [1.82, 2.24) is 9.80 Å². The van der Waals surface area contributed by atoms with E-state index >= 15 is 0 Å². The van der Waals surface area contributed by atoms with Gasteiger partial charge in [-0.15, -0.1) is 0 Å². The predicted octanol–water partition coefficient (Wildman–Crippen LogP) is 3.40. The van der Waals surface area contributed by atoms with Gasteiger partial charge < -0.3 is 14.5 Å². The Hall–Kier alpha value is -2.11. The Morgan fingerprint density at radius 1 is 1.04 bits per heavy atom. The average Bonchev–Trinajstić information content (AvgIpc) is 3.40. The fraction of sp³-hybridized carbons (Fsp3) is 0.600. The second-order valence-corrected chi connectivity index (χ2v) is 8.16. The number of halogens is 1. The summed E-state index contributed by atoms with van der Waals surface area (Å²) >= 11 is 0. The van der Waals surface area contributed by atoms with Gasteiger partial charge in [0.1, 0.15) is 11.4 Å². The Bertz CT molecular complexity index is 657. The summed E-state index contributed by atoms with van der Waals surface area (Å²) in [5.41, 5.74) is 0.359. The first-order valence-electron chi connectivity index (χ1n) is 9.27. The summed E-state index contributed by atoms with van der Waals surface area (Å²) in [5.74, 6) is -0.0646. The van der Waals surface area contributed by atoms with Gasteiger partial charge in [-0.25, -0.2) is 9.18 Å². The highest BCUT2D eigenvalue weighted by Crippen LogP contribution is 2.43. The molecular weight excluding hydrogens is 335 g/mol. The van der Waals surface area contributed by atoms with Crippen molar-refractivity contribution in [3.05, 3.63) is 35.6 Å². The molecule has 0 radical (unpaired) electrons. The van der Waals surface area contributed by atoms with Crippen molar-refractivity contribution in [1.29, 1.82) is 0 Å². The van der Waals surface area contributed by atoms with Gasteiger partial charge in [-0.2, -0.15) is 0 Å². The van der Waals surface area contributed by atoms with Crippen LogP contribution in [-0.4, -0.2) is 53.6 Å². The molecule has 1 heterocycles. The maximum Gasteiger partial charge on any atom is 0.410 e. The number of ether oxygens (including phenoxy) is 1. The summed E-state index contributed by atoms with van der Waals surface area (Å²) in [6.45, 7) is 7.47. The third kappa shape index (κ3) is 4.54. The quantitative estimate of drug-likeness (QED) is 0.828. The van der Waals surface area contributed by atoms with Crippen LogP contribution in [0.4, 0.5) is 9.18 Å². The van der Waals surface area contributed by atoms with Gasteiger partial charge in [0.15, 0.2) is 0 Å². The molecule has 1 aromatic rings. The summed E-state index contributed by atoms with van der Waals surface area (Å²) in [6.07, 6.45) is 1.74. The monoisotopic (exact) mass is 362 g/mol. The van der Waals surface area contributed by atoms with Crippen LogP contribution in [-0.2, 0) is 9.53 Å². The zero-order valence-corrected chi connectivity index (χ0v) is 15.7. The van der Waals surface area contributed by atoms with Gasteiger partial charge >= 0.3 is 6.09 Å². The number of rotatable bonds is 3. The third-order valence-electron chi connectivity index (χ3n) is 4.83. The van der Waals surface area contributed by atoms with Crippen molar-refractivity contribution in [3.8, 4) is 0 Å². The summed E-state index contributed by atoms with van der Waals surface area (Å²) in [4.78, 5) is 28.7. The number of nitrogens with zero attached hydrogens (tertiary/aromatic N) is 2. The molecule has 0 spiro atoms. The predicted molar refractivity (Wildman–Crippen MR) is 96.3 cm³/mol. The van der Waals surface area contributed by atoms with Gasteiger partial charge in [-0.3, -0.25) is 4.79 Å². The van der Waals surface area contributed by atoms with Crippen LogP contribution in [0.25, 0.3) is 0 Å². The maximum atomic E-state index is 13.2. The number of benzene rings is 1. The van der Waals surface area contributed by atoms with Crippen LogP contribution in [0, 0.1) is 11.7 Å². The fourth-order valence-electron chi connectivity index (χ4n) is 3.35. The minimum atomic E-state index is -0.524. The first-order chi connectivity index (χ1) is 12.2. The standard InChI is InChI=1S/C20H27FN2O3/c1-20(2,3)26-19(25)23-12-10-22(11-13-23)18(24)17(14-4-5-14)15-6-8-16(21)9-7-15/h6-9,14,17H,4-5,10-13H2,1-3H3. The first kappa shape index (κ1) is 18.7. The molecule has 1 saturated carbocycles. The van der Waals surface area contributed by atoms with Crippen LogP contribution in [0.1, 0.15) is 45.1 Å². The van der Waals surface area contributed by atoms with Gasteiger partial charge in [0, 0.05) is 26.2 Å². The molecule has 5 nitrogen and oxygen atoms in total. The van der Waals surface area contributed by atoms with Crippen molar-refractivity contribution in [2.45, 2.75) is 45.1 Å². The first-order valence-corrected chi connectivity index (χ1v) is 9.27. The lowest BCUT2D eigenvalue weighted by atomic mass is 9.92. The number of hydrogen-bond acceptors (Lipinski definition) is 3. The molecule has 2 aliphatic rings. The van der Waals surface area contributed by atoms with E-state index < -0.39 is 5.60 Å². The van der Waals surface area contributed by atoms with Gasteiger partial charge in [-0.05, 0) is 57.2 Å². The Morgan fingerprint density at radius 2 is 1.58 bits per heavy atom. The van der Waals surface area contributed by atoms with E-state index in [0.717, 1.165) is 18.4 Å². The topological polar surface area (TPSA) is 49.9 Å². The Balaban J connectivity index is 1.62. The molecule has 142 valence electrons. The van der Waals surface area contributed by atoms with E-state index in [-0.39, 0.29) is 23.7 Å². The zero-order chi connectivity index (χ0) is 18.9. The Kier molecular flexibility index (Phi) is 5.21. The Labute approximate surface area is 154 Å². The van der Waals surface area contributed by atoms with Crippen molar-refractivity contribution >= 4 is 12.0 Å². The highest BCUT2D eigenvalue weighted by atomic mass is 19.1. The zero-order valence-electron chi connectivity index (χ0n) is 15.7. The molecule has 0 N–H and O–H groups in total. The highest BCUT2D eigenvalue weighted by Gasteiger charge is 2.40. The molecule has 0 aromatic heterocycles. The van der Waals surface area contributed by atoms with Crippen LogP contribution in [0.15, 0.2) is 24.3 Å². The largest absolute Gasteiger partial charge is 0.444 e. The lowest BCUT2D eigenvalue weighted by Gasteiger charge is -2.37. The average molecular weight is 362 g/mol. The minimum absolute atomic E-state index is 0.0861. The Morgan fingerprint density at radius 3 is 2.08 bits per heavy atom. The highest BCUT2D eigenvalue weighted by molar-refractivity contribution is 5.85. The summed E-state index contributed by atoms with van der Waals surface area (Å²) in [6, 6.07) is 6.26. The number of carbonyl (C=O) groups is 2. The van der Waals surface area contributed by atoms with E-state index in [1.165, 1.54) is 12.1 Å². The third-order valence-corrected chi connectivity index (χ3v) is 4.83. The molecule has 1 atom stereocenters. The van der Waals surface area contributed by atoms with Crippen molar-refractivity contribution in [3.63, 3.8) is 0 Å². The second-order valence-electron chi connectivity index (χ2n) is 8.16. The van der Waals surface area contributed by atoms with Gasteiger partial charge in [-0.1, -0.05) is 12.1 Å². The summed E-state index contributed by atoms with van der Waals surface area (Å²) < 4.78 is 18.6. The molecule has 3 rings (SSSR count). The van der Waals surface area contributed by atoms with Gasteiger partial charge in [0.25, 0.3) is 0 Å². The molecule has 0 bridgehead atoms. The molecule has 1 saturated heterocycles. The van der Waals surface area contributed by atoms with E-state index in [4.69, 9.17) is 4.74 Å². The van der Waals surface area contributed by atoms with E-state index in [1.54, 1.807) is 17.0 Å². The summed E-state index contributed by atoms with van der Waals surface area (Å²) in [7, 11) is 0. The molecule has 1 unspecified atom stereocenters. The van der Waals surface area contributed by atoms with Crippen molar-refractivity contribution in [2.24, 2.45) is 5.92 Å². The molecule has 1 aliphatic carbocycles. The van der Waals surface area contributed by atoms with Crippen molar-refractivity contribution < 1.29 is 18.7 Å². The number of carbonyl (C=O) groups excluding carboxylic acids is 2. The molecule has 2 amide bonds. The summed E-state index contributed by atoms with van der Waals surface area (Å²) in [5, 5.41) is 0. The van der Waals surface area contributed by atoms with E-state index in [1.807, 2.05) is 25.7 Å². The van der Waals surface area contributed by atoms with E-state index in [2.05, 4.69) is 0 Å². The molecule has 6 heteroatoms. The smallest absolute Gasteiger partial charge is 0.410 e. The van der Waals surface area contributed by atoms with Crippen LogP contribution in [0.5, 0.6) is 0 Å². The lowest BCUT2D eigenvalue weighted by molar-refractivity contribution is -0.135. The van der Waals surface area contributed by atoms with Crippen LogP contribution in [0.2, 0.25) is 0 Å². The molecule has 26 heavy (non-hydrogen) atoms. The number of hydrogen-bond donors (Lipinski definition) is 0.